The SMILES string of the molecule is CCC[CH2][Sn]([CH2]CCC)([CH2]CCC)[C@@H]1C[C@H]1N(CC)CC. The van der Waals surface area contributed by atoms with Crippen molar-refractivity contribution < 1.29 is 0 Å². The molecule has 126 valence electrons. The van der Waals surface area contributed by atoms with Gasteiger partial charge in [-0.15, -0.1) is 0 Å². The first-order chi connectivity index (χ1) is 10.2. The molecule has 0 radical (unpaired) electrons. The van der Waals surface area contributed by atoms with E-state index >= 15 is 0 Å². The molecule has 2 heteroatoms. The van der Waals surface area contributed by atoms with E-state index in [9.17, 15) is 0 Å². The van der Waals surface area contributed by atoms with E-state index in [4.69, 9.17) is 0 Å². The zero-order valence-corrected chi connectivity index (χ0v) is 18.4. The van der Waals surface area contributed by atoms with Gasteiger partial charge < -0.3 is 0 Å². The molecule has 1 aliphatic carbocycles. The zero-order chi connectivity index (χ0) is 15.7. The van der Waals surface area contributed by atoms with Gasteiger partial charge in [0.25, 0.3) is 0 Å². The Bertz CT molecular complexity index is 241. The summed E-state index contributed by atoms with van der Waals surface area (Å²) in [5.74, 6) is 0. The van der Waals surface area contributed by atoms with Gasteiger partial charge in [-0.1, -0.05) is 0 Å². The van der Waals surface area contributed by atoms with E-state index in [-0.39, 0.29) is 0 Å². The predicted octanol–water partition coefficient (Wildman–Crippen LogP) is 6.32. The third kappa shape index (κ3) is 5.71. The summed E-state index contributed by atoms with van der Waals surface area (Å²) in [4.78, 5) is 2.78. The van der Waals surface area contributed by atoms with Gasteiger partial charge in [0.1, 0.15) is 0 Å². The Morgan fingerprint density at radius 2 is 1.19 bits per heavy atom. The Hall–Kier alpha value is 0.759. The molecule has 1 rings (SSSR count). The van der Waals surface area contributed by atoms with E-state index in [1.165, 1.54) is 55.5 Å². The third-order valence-corrected chi connectivity index (χ3v) is 23.7. The summed E-state index contributed by atoms with van der Waals surface area (Å²) < 4.78 is 6.32. The van der Waals surface area contributed by atoms with Gasteiger partial charge in [0.15, 0.2) is 0 Å². The summed E-state index contributed by atoms with van der Waals surface area (Å²) >= 11 is -1.90. The van der Waals surface area contributed by atoms with Gasteiger partial charge in [0.2, 0.25) is 0 Å². The average Bonchev–Trinajstić information content (AvgIpc) is 3.29. The van der Waals surface area contributed by atoms with Crippen LogP contribution in [0.2, 0.25) is 17.2 Å². The van der Waals surface area contributed by atoms with Crippen molar-refractivity contribution in [3.8, 4) is 0 Å². The molecule has 21 heavy (non-hydrogen) atoms. The van der Waals surface area contributed by atoms with Crippen molar-refractivity contribution in [1.82, 2.24) is 4.90 Å². The molecule has 2 atom stereocenters. The summed E-state index contributed by atoms with van der Waals surface area (Å²) in [6.45, 7) is 14.4. The summed E-state index contributed by atoms with van der Waals surface area (Å²) in [5, 5.41) is 0. The van der Waals surface area contributed by atoms with Crippen LogP contribution in [-0.4, -0.2) is 42.4 Å². The van der Waals surface area contributed by atoms with Gasteiger partial charge in [-0.25, -0.2) is 0 Å². The second kappa shape index (κ2) is 10.5. The molecule has 0 N–H and O–H groups in total. The summed E-state index contributed by atoms with van der Waals surface area (Å²) in [6.07, 6.45) is 10.4. The number of hydrogen-bond acceptors (Lipinski definition) is 1. The maximum atomic E-state index is 2.78. The van der Waals surface area contributed by atoms with E-state index in [1.54, 1.807) is 19.7 Å². The Labute approximate surface area is 139 Å². The van der Waals surface area contributed by atoms with E-state index in [1.807, 2.05) is 0 Å². The van der Waals surface area contributed by atoms with Crippen molar-refractivity contribution in [3.63, 3.8) is 0 Å². The van der Waals surface area contributed by atoms with Crippen molar-refractivity contribution in [1.29, 1.82) is 0 Å². The first-order valence-electron chi connectivity index (χ1n) is 9.93. The summed E-state index contributed by atoms with van der Waals surface area (Å²) in [6, 6.07) is 1.00. The second-order valence-corrected chi connectivity index (χ2v) is 21.5. The number of rotatable bonds is 13. The third-order valence-electron chi connectivity index (χ3n) is 5.91. The fourth-order valence-electron chi connectivity index (χ4n) is 4.45. The molecule has 0 heterocycles. The van der Waals surface area contributed by atoms with E-state index in [2.05, 4.69) is 39.5 Å². The molecule has 1 nitrogen and oxygen atoms in total. The van der Waals surface area contributed by atoms with E-state index in [0.29, 0.717) is 0 Å². The van der Waals surface area contributed by atoms with Crippen molar-refractivity contribution in [2.45, 2.75) is 103 Å². The van der Waals surface area contributed by atoms with Gasteiger partial charge in [-0.3, -0.25) is 0 Å². The van der Waals surface area contributed by atoms with Crippen LogP contribution in [-0.2, 0) is 0 Å². The average molecular weight is 402 g/mol. The van der Waals surface area contributed by atoms with Crippen LogP contribution in [0.5, 0.6) is 0 Å². The van der Waals surface area contributed by atoms with Crippen molar-refractivity contribution in [2.24, 2.45) is 0 Å². The minimum atomic E-state index is -1.90. The van der Waals surface area contributed by atoms with Gasteiger partial charge >= 0.3 is 139 Å². The van der Waals surface area contributed by atoms with Crippen LogP contribution in [0.1, 0.15) is 79.6 Å². The second-order valence-electron chi connectivity index (χ2n) is 7.30. The standard InChI is InChI=1S/C7H14N.3C4H9.Sn/c1-3-8(4-2)7-5-6-7;3*1-3-4-2;/h5,7H,3-4,6H2,1-2H3;3*1,3-4H2,2H3;/t7-;;;;/m0..../s1. The normalized spacial score (nSPS) is 22.0. The van der Waals surface area contributed by atoms with E-state index < -0.39 is 18.4 Å². The molecule has 0 amide bonds. The molecule has 0 bridgehead atoms. The fraction of sp³-hybridized carbons (Fsp3) is 1.00. The number of unbranched alkanes of at least 4 members (excludes halogenated alkanes) is 3. The topological polar surface area (TPSA) is 3.24 Å². The van der Waals surface area contributed by atoms with Crippen LogP contribution >= 0.6 is 0 Å². The van der Waals surface area contributed by atoms with Crippen LogP contribution in [0.15, 0.2) is 0 Å². The number of nitrogens with zero attached hydrogens (tertiary/aromatic N) is 1. The molecule has 0 aromatic carbocycles. The zero-order valence-electron chi connectivity index (χ0n) is 15.6. The van der Waals surface area contributed by atoms with Gasteiger partial charge in [-0.2, -0.15) is 0 Å². The molecule has 0 aromatic rings. The fourth-order valence-corrected chi connectivity index (χ4v) is 23.9. The molecule has 0 unspecified atom stereocenters. The summed E-state index contributed by atoms with van der Waals surface area (Å²) in [7, 11) is 0. The van der Waals surface area contributed by atoms with Crippen molar-refractivity contribution in [2.75, 3.05) is 13.1 Å². The van der Waals surface area contributed by atoms with Crippen LogP contribution in [0, 0.1) is 0 Å². The monoisotopic (exact) mass is 403 g/mol. The van der Waals surface area contributed by atoms with Gasteiger partial charge in [0.05, 0.1) is 0 Å². The maximum absolute atomic E-state index is 2.78. The van der Waals surface area contributed by atoms with Crippen LogP contribution in [0.4, 0.5) is 0 Å². The Morgan fingerprint density at radius 1 is 0.762 bits per heavy atom. The van der Waals surface area contributed by atoms with Gasteiger partial charge in [-0.05, 0) is 0 Å². The van der Waals surface area contributed by atoms with Crippen LogP contribution in [0.25, 0.3) is 0 Å². The Kier molecular flexibility index (Phi) is 9.92. The molecule has 0 saturated heterocycles. The summed E-state index contributed by atoms with van der Waals surface area (Å²) in [5.41, 5.74) is 0. The van der Waals surface area contributed by atoms with Gasteiger partial charge in [0, 0.05) is 0 Å². The van der Waals surface area contributed by atoms with Crippen LogP contribution < -0.4 is 0 Å². The molecule has 1 aliphatic rings. The van der Waals surface area contributed by atoms with Crippen LogP contribution in [0.3, 0.4) is 0 Å². The molecule has 1 saturated carbocycles. The Balaban J connectivity index is 2.77. The molecular weight excluding hydrogens is 361 g/mol. The molecule has 0 aliphatic heterocycles. The number of hydrogen-bond donors (Lipinski definition) is 0. The quantitative estimate of drug-likeness (QED) is 0.326. The predicted molar refractivity (Wildman–Crippen MR) is 100.0 cm³/mol. The molecular formula is C19H41NSn. The molecule has 1 fully saturated rings. The first-order valence-corrected chi connectivity index (χ1v) is 17.6. The first kappa shape index (κ1) is 19.8. The van der Waals surface area contributed by atoms with E-state index in [0.717, 1.165) is 6.04 Å². The van der Waals surface area contributed by atoms with Crippen molar-refractivity contribution >= 4 is 18.4 Å². The molecule has 0 aromatic heterocycles. The Morgan fingerprint density at radius 3 is 1.52 bits per heavy atom. The van der Waals surface area contributed by atoms with Crippen molar-refractivity contribution in [3.05, 3.63) is 0 Å². The minimum absolute atomic E-state index is 1.00. The molecule has 0 spiro atoms.